The van der Waals surface area contributed by atoms with Gasteiger partial charge in [0.05, 0.1) is 11.7 Å². The highest BCUT2D eigenvalue weighted by Crippen LogP contribution is 2.19. The standard InChI is InChI=1S/C19H27N5O/c1-14-4-3-7-24-13-17(20-18(14)24)12-22-8-10-23(11-9-22)15(2)19(25)21-16-5-6-16/h3-4,7,13,15-16H,5-6,8-12H2,1-2H3,(H,21,25)/t15-/m0/s1. The molecule has 4 rings (SSSR count). The Morgan fingerprint density at radius 2 is 2.08 bits per heavy atom. The highest BCUT2D eigenvalue weighted by atomic mass is 16.2. The molecule has 1 N–H and O–H groups in total. The molecule has 2 aromatic heterocycles. The average molecular weight is 341 g/mol. The summed E-state index contributed by atoms with van der Waals surface area (Å²) in [5.41, 5.74) is 3.36. The normalized spacial score (nSPS) is 20.7. The van der Waals surface area contributed by atoms with Crippen molar-refractivity contribution in [1.29, 1.82) is 0 Å². The zero-order chi connectivity index (χ0) is 17.4. The second-order valence-corrected chi connectivity index (χ2v) is 7.43. The Bertz CT molecular complexity index is 758. The molecule has 6 nitrogen and oxygen atoms in total. The summed E-state index contributed by atoms with van der Waals surface area (Å²) in [6.07, 6.45) is 6.47. The molecule has 0 aromatic carbocycles. The van der Waals surface area contributed by atoms with E-state index in [-0.39, 0.29) is 11.9 Å². The van der Waals surface area contributed by atoms with Gasteiger partial charge in [-0.3, -0.25) is 14.6 Å². The van der Waals surface area contributed by atoms with Crippen molar-refractivity contribution in [2.24, 2.45) is 0 Å². The third-order valence-electron chi connectivity index (χ3n) is 5.37. The van der Waals surface area contributed by atoms with Gasteiger partial charge >= 0.3 is 0 Å². The Kier molecular flexibility index (Phi) is 4.48. The summed E-state index contributed by atoms with van der Waals surface area (Å²) in [6.45, 7) is 8.83. The molecular weight excluding hydrogens is 314 g/mol. The predicted octanol–water partition coefficient (Wildman–Crippen LogP) is 1.43. The third-order valence-corrected chi connectivity index (χ3v) is 5.37. The molecular formula is C19H27N5O. The molecule has 134 valence electrons. The number of hydrogen-bond acceptors (Lipinski definition) is 4. The molecule has 1 aliphatic heterocycles. The van der Waals surface area contributed by atoms with E-state index in [2.05, 4.69) is 51.0 Å². The summed E-state index contributed by atoms with van der Waals surface area (Å²) in [6, 6.07) is 4.56. The molecule has 2 fully saturated rings. The molecule has 0 bridgehead atoms. The number of piperazine rings is 1. The van der Waals surface area contributed by atoms with Gasteiger partial charge in [0, 0.05) is 51.2 Å². The van der Waals surface area contributed by atoms with E-state index in [1.54, 1.807) is 0 Å². The number of aryl methyl sites for hydroxylation is 1. The lowest BCUT2D eigenvalue weighted by Gasteiger charge is -2.37. The summed E-state index contributed by atoms with van der Waals surface area (Å²) in [7, 11) is 0. The van der Waals surface area contributed by atoms with Crippen molar-refractivity contribution in [3.8, 4) is 0 Å². The lowest BCUT2D eigenvalue weighted by atomic mass is 10.2. The summed E-state index contributed by atoms with van der Waals surface area (Å²) < 4.78 is 2.10. The lowest BCUT2D eigenvalue weighted by Crippen LogP contribution is -2.53. The van der Waals surface area contributed by atoms with Gasteiger partial charge in [-0.1, -0.05) is 6.07 Å². The molecule has 2 aliphatic rings. The minimum absolute atomic E-state index is 0.0272. The van der Waals surface area contributed by atoms with Crippen LogP contribution >= 0.6 is 0 Å². The fourth-order valence-electron chi connectivity index (χ4n) is 3.53. The van der Waals surface area contributed by atoms with Crippen LogP contribution in [0.2, 0.25) is 0 Å². The minimum atomic E-state index is -0.0272. The molecule has 6 heteroatoms. The molecule has 2 aromatic rings. The van der Waals surface area contributed by atoms with E-state index in [9.17, 15) is 4.79 Å². The molecule has 1 aliphatic carbocycles. The van der Waals surface area contributed by atoms with Gasteiger partial charge in [-0.2, -0.15) is 0 Å². The monoisotopic (exact) mass is 341 g/mol. The molecule has 1 atom stereocenters. The van der Waals surface area contributed by atoms with Gasteiger partial charge in [0.2, 0.25) is 5.91 Å². The molecule has 0 spiro atoms. The smallest absolute Gasteiger partial charge is 0.237 e. The van der Waals surface area contributed by atoms with E-state index in [4.69, 9.17) is 4.98 Å². The van der Waals surface area contributed by atoms with Crippen LogP contribution in [0.1, 0.15) is 31.0 Å². The number of fused-ring (bicyclic) bond motifs is 1. The quantitative estimate of drug-likeness (QED) is 0.894. The summed E-state index contributed by atoms with van der Waals surface area (Å²) in [5, 5.41) is 3.12. The van der Waals surface area contributed by atoms with E-state index in [1.165, 1.54) is 5.56 Å². The topological polar surface area (TPSA) is 52.9 Å². The highest BCUT2D eigenvalue weighted by molar-refractivity contribution is 5.81. The number of rotatable bonds is 5. The number of carbonyl (C=O) groups is 1. The Morgan fingerprint density at radius 1 is 1.32 bits per heavy atom. The van der Waals surface area contributed by atoms with E-state index in [1.807, 2.05) is 6.92 Å². The van der Waals surface area contributed by atoms with Gasteiger partial charge in [0.25, 0.3) is 0 Å². The number of nitrogens with one attached hydrogen (secondary N) is 1. The number of aromatic nitrogens is 2. The molecule has 0 unspecified atom stereocenters. The first-order valence-corrected chi connectivity index (χ1v) is 9.30. The SMILES string of the molecule is Cc1cccn2cc(CN3CCN([C@@H](C)C(=O)NC4CC4)CC3)nc12. The molecule has 25 heavy (non-hydrogen) atoms. The van der Waals surface area contributed by atoms with Gasteiger partial charge in [-0.05, 0) is 38.3 Å². The number of carbonyl (C=O) groups excluding carboxylic acids is 1. The van der Waals surface area contributed by atoms with Crippen LogP contribution in [-0.4, -0.2) is 63.4 Å². The highest BCUT2D eigenvalue weighted by Gasteiger charge is 2.30. The summed E-state index contributed by atoms with van der Waals surface area (Å²) in [4.78, 5) is 21.7. The van der Waals surface area contributed by atoms with Gasteiger partial charge < -0.3 is 9.72 Å². The Morgan fingerprint density at radius 3 is 2.76 bits per heavy atom. The van der Waals surface area contributed by atoms with E-state index < -0.39 is 0 Å². The van der Waals surface area contributed by atoms with Crippen molar-refractivity contribution in [1.82, 2.24) is 24.5 Å². The molecule has 3 heterocycles. The van der Waals surface area contributed by atoms with Crippen LogP contribution in [0.5, 0.6) is 0 Å². The first-order valence-electron chi connectivity index (χ1n) is 9.30. The maximum atomic E-state index is 12.2. The van der Waals surface area contributed by atoms with Gasteiger partial charge in [0.1, 0.15) is 5.65 Å². The summed E-state index contributed by atoms with van der Waals surface area (Å²) >= 11 is 0. The van der Waals surface area contributed by atoms with Crippen LogP contribution in [0.15, 0.2) is 24.5 Å². The second-order valence-electron chi connectivity index (χ2n) is 7.43. The fourth-order valence-corrected chi connectivity index (χ4v) is 3.53. The average Bonchev–Trinajstić information content (AvgIpc) is 3.32. The van der Waals surface area contributed by atoms with Crippen molar-refractivity contribution in [3.63, 3.8) is 0 Å². The van der Waals surface area contributed by atoms with Crippen LogP contribution in [0.4, 0.5) is 0 Å². The molecule has 1 saturated carbocycles. The zero-order valence-electron chi connectivity index (χ0n) is 15.1. The zero-order valence-corrected chi connectivity index (χ0v) is 15.1. The maximum absolute atomic E-state index is 12.2. The number of imidazole rings is 1. The fraction of sp³-hybridized carbons (Fsp3) is 0.579. The minimum Gasteiger partial charge on any atom is -0.352 e. The number of amides is 1. The lowest BCUT2D eigenvalue weighted by molar-refractivity contribution is -0.126. The molecule has 1 saturated heterocycles. The number of nitrogens with zero attached hydrogens (tertiary/aromatic N) is 4. The molecule has 0 radical (unpaired) electrons. The maximum Gasteiger partial charge on any atom is 0.237 e. The van der Waals surface area contributed by atoms with E-state index in [0.717, 1.165) is 56.9 Å². The number of hydrogen-bond donors (Lipinski definition) is 1. The first-order chi connectivity index (χ1) is 12.1. The van der Waals surface area contributed by atoms with E-state index in [0.29, 0.717) is 6.04 Å². The van der Waals surface area contributed by atoms with E-state index >= 15 is 0 Å². The van der Waals surface area contributed by atoms with Crippen molar-refractivity contribution in [2.45, 2.75) is 45.3 Å². The van der Waals surface area contributed by atoms with Crippen molar-refractivity contribution in [2.75, 3.05) is 26.2 Å². The van der Waals surface area contributed by atoms with Crippen LogP contribution in [0, 0.1) is 6.92 Å². The predicted molar refractivity (Wildman–Crippen MR) is 97.4 cm³/mol. The van der Waals surface area contributed by atoms with Crippen molar-refractivity contribution >= 4 is 11.6 Å². The summed E-state index contributed by atoms with van der Waals surface area (Å²) in [5.74, 6) is 0.187. The van der Waals surface area contributed by atoms with Crippen molar-refractivity contribution in [3.05, 3.63) is 35.8 Å². The van der Waals surface area contributed by atoms with Gasteiger partial charge in [-0.25, -0.2) is 4.98 Å². The second kappa shape index (κ2) is 6.77. The largest absolute Gasteiger partial charge is 0.352 e. The Balaban J connectivity index is 1.32. The van der Waals surface area contributed by atoms with Gasteiger partial charge in [-0.15, -0.1) is 0 Å². The van der Waals surface area contributed by atoms with Crippen LogP contribution < -0.4 is 5.32 Å². The van der Waals surface area contributed by atoms with Gasteiger partial charge in [0.15, 0.2) is 0 Å². The number of pyridine rings is 1. The Labute approximate surface area is 148 Å². The first kappa shape index (κ1) is 16.5. The molecule has 1 amide bonds. The van der Waals surface area contributed by atoms with Crippen molar-refractivity contribution < 1.29 is 4.79 Å². The Hall–Kier alpha value is -1.92. The van der Waals surface area contributed by atoms with Crippen LogP contribution in [0.25, 0.3) is 5.65 Å². The van der Waals surface area contributed by atoms with Crippen LogP contribution in [0.3, 0.4) is 0 Å². The third kappa shape index (κ3) is 3.70. The van der Waals surface area contributed by atoms with Crippen LogP contribution in [-0.2, 0) is 11.3 Å².